The van der Waals surface area contributed by atoms with Gasteiger partial charge in [-0.15, -0.1) is 0 Å². The van der Waals surface area contributed by atoms with Crippen LogP contribution in [-0.2, 0) is 85.4 Å². The van der Waals surface area contributed by atoms with Crippen molar-refractivity contribution in [1.29, 1.82) is 0 Å². The zero-order chi connectivity index (χ0) is 87.4. The van der Waals surface area contributed by atoms with Crippen LogP contribution in [0.4, 0.5) is 0 Å². The van der Waals surface area contributed by atoms with Crippen molar-refractivity contribution in [2.24, 2.45) is 50.2 Å². The Bertz CT molecular complexity index is 3750. The molecule has 12 aliphatic rings. The molecule has 120 heavy (non-hydrogen) atoms. The van der Waals surface area contributed by atoms with E-state index in [4.69, 9.17) is 75.8 Å². The van der Waals surface area contributed by atoms with E-state index < -0.39 is 316 Å². The van der Waals surface area contributed by atoms with Crippen LogP contribution in [-0.4, -0.2) is 375 Å². The summed E-state index contributed by atoms with van der Waals surface area (Å²) in [7, 11) is 1.49. The molecule has 0 bridgehead atoms. The third kappa shape index (κ3) is 16.6. The normalized spacial score (nSPS) is 50.9. The smallest absolute Gasteiger partial charge is 0.331 e. The van der Waals surface area contributed by atoms with Crippen LogP contribution < -0.4 is 4.74 Å². The summed E-state index contributed by atoms with van der Waals surface area (Å²) >= 11 is 0. The molecule has 0 aromatic heterocycles. The first-order valence-corrected chi connectivity index (χ1v) is 41.4. The summed E-state index contributed by atoms with van der Waals surface area (Å²) in [6.07, 6.45) is -55.7. The van der Waals surface area contributed by atoms with Gasteiger partial charge in [0.15, 0.2) is 49.9 Å². The van der Waals surface area contributed by atoms with Gasteiger partial charge in [-0.3, -0.25) is 9.59 Å². The minimum atomic E-state index is -2.15. The molecule has 39 nitrogen and oxygen atoms in total. The van der Waals surface area contributed by atoms with Crippen molar-refractivity contribution >= 4 is 24.0 Å². The molecule has 39 heteroatoms. The Morgan fingerprint density at radius 2 is 1.01 bits per heavy atom. The molecule has 7 aliphatic heterocycles. The molecule has 13 rings (SSSR count). The van der Waals surface area contributed by atoms with Crippen LogP contribution in [0, 0.1) is 50.2 Å². The fourth-order valence-corrected chi connectivity index (χ4v) is 21.9. The SMILES string of the molecule is COc1ccc(C=CC(=O)O[C@@H]2[C@@H](O)[C@H](O[C@@H]3O[C@H](C)[C@H](O[C@H]4OC[C@@H](O[C@@H]5O[C@@H](CO)[C@@H](O)[C@H](O[C@H]6O[C@H](C)[C@@H](O)[C@H](O[C@@H]7O[C@H](C)[C@H](O)[C@@H](O)[C@@H]7O)[C@H]6O)[C@@H]5O)[C@H](O)[C@@H]4O)[C@@H](O)[C@@H]3O)[C@H](OC(=O)[C@]34CCC(C)(C)C[C@H]3C3=CC[C@H]5[C@@]6(C)C[C@H](O)[C@H](O[C@H]7O[C@@H](CO)[C@@H](O)[C@@H](O)[C@H]7O)[C@@](C)(C(=O)O)[C@H]6CC[C@]5(C)[C@@]3(CO)CC4)O[C@@H]2C)cc1. The standard InChI is InChI=1S/C81H122O39/c1-31-46(87)51(92)55(96)68(107-31)116-63-47(88)32(2)108-71(59(63)100)117-64-50(91)41(28-83)112-72(60(64)101)113-42-29-106-67(54(95)49(42)90)115-61-33(3)109-69(57(98)53(61)94)118-65-58(99)62(114-45(86)18-13-35-11-14-36(105-10)15-12-35)34(4)110-73(65)120-75(104)80-22-21-76(5,6)25-38(80)37-16-17-43-77(7)26-39(85)66(119-70-56(97)52(93)48(89)40(27-82)111-70)79(9,74(102)103)44(77)19-20-78(43,8)81(37,30-84)24-23-80/h11-16,18,31-34,38-44,46-73,82-85,87-101H,17,19-30H2,1-10H3,(H,102,103)/t31-,32-,33-,34-,38+,39+,40+,41+,42-,43+,44+,46+,47-,48-,49+,50-,51-,52-,53+,54+,55+,56-,57+,58-,59-,60+,61+,62+,63+,64+,65+,66+,67-,68+,69+,70-,71-,72+,73+,77-,78+,79+,80+,81-/m1/s1. The topological polar surface area (TPSA) is 603 Å². The Morgan fingerprint density at radius 1 is 0.483 bits per heavy atom. The summed E-state index contributed by atoms with van der Waals surface area (Å²) in [6.45, 7) is 12.4. The summed E-state index contributed by atoms with van der Waals surface area (Å²) in [5.74, 6) is -4.26. The van der Waals surface area contributed by atoms with Crippen molar-refractivity contribution < 1.29 is 192 Å². The van der Waals surface area contributed by atoms with E-state index in [1.165, 1.54) is 47.8 Å². The first-order valence-electron chi connectivity index (χ1n) is 41.4. The zero-order valence-corrected chi connectivity index (χ0v) is 68.5. The number of esters is 2. The molecule has 0 amide bonds. The van der Waals surface area contributed by atoms with Gasteiger partial charge in [-0.2, -0.15) is 0 Å². The second-order valence-corrected chi connectivity index (χ2v) is 36.5. The molecule has 1 aromatic rings. The van der Waals surface area contributed by atoms with Gasteiger partial charge in [-0.05, 0) is 150 Å². The number of carbonyl (C=O) groups is 3. The van der Waals surface area contributed by atoms with E-state index in [2.05, 4.69) is 20.8 Å². The van der Waals surface area contributed by atoms with Crippen molar-refractivity contribution in [2.45, 2.75) is 341 Å². The van der Waals surface area contributed by atoms with E-state index in [-0.39, 0.29) is 32.1 Å². The highest BCUT2D eigenvalue weighted by atomic mass is 16.8. The van der Waals surface area contributed by atoms with Crippen LogP contribution in [0.25, 0.3) is 6.08 Å². The van der Waals surface area contributed by atoms with Gasteiger partial charge in [-0.25, -0.2) is 4.79 Å². The van der Waals surface area contributed by atoms with Crippen LogP contribution in [0.1, 0.15) is 126 Å². The average Bonchev–Trinajstić information content (AvgIpc) is 0.667. The maximum Gasteiger partial charge on any atom is 0.331 e. The van der Waals surface area contributed by atoms with E-state index in [1.807, 2.05) is 13.0 Å². The molecule has 0 unspecified atom stereocenters. The number of hydrogen-bond donors (Lipinski definition) is 20. The molecule has 680 valence electrons. The molecule has 0 radical (unpaired) electrons. The summed E-state index contributed by atoms with van der Waals surface area (Å²) in [5, 5.41) is 226. The number of carboxylic acids is 1. The van der Waals surface area contributed by atoms with Crippen LogP contribution in [0.3, 0.4) is 0 Å². The second-order valence-electron chi connectivity index (χ2n) is 36.5. The first kappa shape index (κ1) is 93.3. The fourth-order valence-electron chi connectivity index (χ4n) is 21.9. The van der Waals surface area contributed by atoms with Crippen molar-refractivity contribution in [3.63, 3.8) is 0 Å². The van der Waals surface area contributed by atoms with Gasteiger partial charge < -0.3 is 178 Å². The van der Waals surface area contributed by atoms with Crippen molar-refractivity contribution in [3.05, 3.63) is 47.6 Å². The third-order valence-electron chi connectivity index (χ3n) is 29.0. The Labute approximate surface area is 692 Å². The lowest BCUT2D eigenvalue weighted by atomic mass is 9.33. The van der Waals surface area contributed by atoms with Gasteiger partial charge in [-0.1, -0.05) is 51.5 Å². The molecular formula is C81H122O39. The molecule has 7 heterocycles. The minimum Gasteiger partial charge on any atom is -0.497 e. The Balaban J connectivity index is 0.709. The van der Waals surface area contributed by atoms with Crippen molar-refractivity contribution in [3.8, 4) is 5.75 Å². The van der Waals surface area contributed by atoms with Crippen LogP contribution in [0.5, 0.6) is 5.75 Å². The monoisotopic (exact) mass is 1720 g/mol. The zero-order valence-electron chi connectivity index (χ0n) is 68.5. The second kappa shape index (κ2) is 36.0. The molecule has 0 spiro atoms. The lowest BCUT2D eigenvalue weighted by Crippen LogP contribution is -2.71. The van der Waals surface area contributed by atoms with E-state index in [0.717, 1.165) is 11.6 Å². The Morgan fingerprint density at radius 3 is 1.62 bits per heavy atom. The number of fused-ring (bicyclic) bond motifs is 7. The lowest BCUT2D eigenvalue weighted by Gasteiger charge is -2.71. The van der Waals surface area contributed by atoms with Crippen LogP contribution in [0.15, 0.2) is 42.0 Å². The van der Waals surface area contributed by atoms with Gasteiger partial charge in [0.05, 0.1) is 74.9 Å². The highest BCUT2D eigenvalue weighted by molar-refractivity contribution is 5.87. The summed E-state index contributed by atoms with van der Waals surface area (Å²) in [6, 6.07) is 6.69. The van der Waals surface area contributed by atoms with E-state index in [0.29, 0.717) is 37.0 Å². The number of hydrogen-bond acceptors (Lipinski definition) is 38. The molecule has 44 atom stereocenters. The molecule has 11 fully saturated rings. The van der Waals surface area contributed by atoms with Gasteiger partial charge in [0.2, 0.25) is 6.29 Å². The van der Waals surface area contributed by atoms with Crippen LogP contribution in [0.2, 0.25) is 0 Å². The van der Waals surface area contributed by atoms with Crippen molar-refractivity contribution in [2.75, 3.05) is 33.5 Å². The Hall–Kier alpha value is -4.37. The van der Waals surface area contributed by atoms with Gasteiger partial charge in [0.1, 0.15) is 140 Å². The number of rotatable bonds is 22. The third-order valence-corrected chi connectivity index (χ3v) is 29.0. The highest BCUT2D eigenvalue weighted by Gasteiger charge is 2.74. The molecule has 20 N–H and O–H groups in total. The number of ether oxygens (including phenoxy) is 16. The molecule has 1 aromatic carbocycles. The quantitative estimate of drug-likeness (QED) is 0.0225. The average molecular weight is 1720 g/mol. The lowest BCUT2D eigenvalue weighted by molar-refractivity contribution is -0.388. The number of carbonyl (C=O) groups excluding carboxylic acids is 2. The highest BCUT2D eigenvalue weighted by Crippen LogP contribution is 2.76. The minimum absolute atomic E-state index is 0.0151. The molecule has 4 saturated carbocycles. The summed E-state index contributed by atoms with van der Waals surface area (Å²) in [4.78, 5) is 43.8. The summed E-state index contributed by atoms with van der Waals surface area (Å²) < 4.78 is 95.1. The predicted octanol–water partition coefficient (Wildman–Crippen LogP) is -4.53. The molecule has 7 saturated heterocycles. The maximum absolute atomic E-state index is 16.1. The Kier molecular flexibility index (Phi) is 28.0. The number of aliphatic carboxylic acids is 1. The van der Waals surface area contributed by atoms with Gasteiger partial charge >= 0.3 is 17.9 Å². The first-order chi connectivity index (χ1) is 56.5. The van der Waals surface area contributed by atoms with E-state index in [1.54, 1.807) is 24.3 Å². The van der Waals surface area contributed by atoms with E-state index in [9.17, 15) is 112 Å². The number of benzene rings is 1. The number of methoxy groups -OCH3 is 1. The van der Waals surface area contributed by atoms with Crippen molar-refractivity contribution in [1.82, 2.24) is 0 Å². The number of aliphatic hydroxyl groups excluding tert-OH is 19. The molecular weight excluding hydrogens is 1600 g/mol. The van der Waals surface area contributed by atoms with Crippen LogP contribution >= 0.6 is 0 Å². The number of aliphatic hydroxyl groups is 19. The number of carboxylic acid groups (broad SMARTS) is 1. The maximum atomic E-state index is 16.1. The largest absolute Gasteiger partial charge is 0.497 e. The van der Waals surface area contributed by atoms with Gasteiger partial charge in [0.25, 0.3) is 0 Å². The van der Waals surface area contributed by atoms with E-state index >= 15 is 4.79 Å². The predicted molar refractivity (Wildman–Crippen MR) is 400 cm³/mol. The van der Waals surface area contributed by atoms with Gasteiger partial charge in [0, 0.05) is 11.5 Å². The summed E-state index contributed by atoms with van der Waals surface area (Å²) in [5.41, 5.74) is -5.14. The number of allylic oxidation sites excluding steroid dienone is 1. The fraction of sp³-hybridized carbons (Fsp3) is 0.840. The molecule has 5 aliphatic carbocycles.